The van der Waals surface area contributed by atoms with Crippen molar-refractivity contribution in [1.82, 2.24) is 24.0 Å². The zero-order chi connectivity index (χ0) is 26.1. The Hall–Kier alpha value is -4.58. The van der Waals surface area contributed by atoms with Gasteiger partial charge >= 0.3 is 5.69 Å². The Morgan fingerprint density at radius 3 is 2.46 bits per heavy atom. The van der Waals surface area contributed by atoms with E-state index >= 15 is 0 Å². The van der Waals surface area contributed by atoms with Gasteiger partial charge in [0.05, 0.1) is 11.7 Å². The highest BCUT2D eigenvalue weighted by Gasteiger charge is 2.32. The van der Waals surface area contributed by atoms with E-state index in [9.17, 15) is 9.59 Å². The second-order valence-corrected chi connectivity index (χ2v) is 9.26. The molecule has 0 aliphatic carbocycles. The molecule has 9 heteroatoms. The number of aromatic nitrogens is 4. The molecule has 3 heterocycles. The van der Waals surface area contributed by atoms with Crippen molar-refractivity contribution in [2.45, 2.75) is 39.2 Å². The summed E-state index contributed by atoms with van der Waals surface area (Å²) in [6, 6.07) is 16.4. The molecule has 2 aromatic carbocycles. The van der Waals surface area contributed by atoms with Crippen LogP contribution in [0.25, 0.3) is 16.9 Å². The van der Waals surface area contributed by atoms with Crippen LogP contribution < -0.4 is 16.2 Å². The molecule has 2 aromatic heterocycles. The average Bonchev–Trinajstić information content (AvgIpc) is 3.48. The summed E-state index contributed by atoms with van der Waals surface area (Å²) in [7, 11) is 0. The van der Waals surface area contributed by atoms with E-state index in [1.54, 1.807) is 40.7 Å². The van der Waals surface area contributed by atoms with Gasteiger partial charge in [-0.3, -0.25) is 13.9 Å². The van der Waals surface area contributed by atoms with Crippen molar-refractivity contribution >= 4 is 22.9 Å². The van der Waals surface area contributed by atoms with Crippen LogP contribution in [0.15, 0.2) is 59.4 Å². The van der Waals surface area contributed by atoms with Crippen LogP contribution in [-0.4, -0.2) is 43.0 Å². The lowest BCUT2D eigenvalue weighted by atomic mass is 10.2. The molecule has 1 atom stereocenters. The molecule has 0 radical (unpaired) electrons. The monoisotopic (exact) mass is 496 g/mol. The van der Waals surface area contributed by atoms with Crippen molar-refractivity contribution in [2.75, 3.05) is 18.8 Å². The molecule has 0 bridgehead atoms. The highest BCUT2D eigenvalue weighted by Crippen LogP contribution is 2.30. The van der Waals surface area contributed by atoms with Crippen LogP contribution in [0.4, 0.5) is 5.82 Å². The number of nitrogens with zero attached hydrogens (tertiary/aromatic N) is 5. The number of imidazole rings is 1. The van der Waals surface area contributed by atoms with Crippen LogP contribution in [-0.2, 0) is 4.79 Å². The van der Waals surface area contributed by atoms with E-state index in [0.717, 1.165) is 5.75 Å². The molecule has 1 aliphatic rings. The van der Waals surface area contributed by atoms with Crippen LogP contribution in [0.2, 0.25) is 0 Å². The Kier molecular flexibility index (Phi) is 6.40. The van der Waals surface area contributed by atoms with Crippen molar-refractivity contribution < 1.29 is 9.53 Å². The minimum absolute atomic E-state index is 0.0227. The molecule has 188 valence electrons. The number of amides is 1. The quantitative estimate of drug-likeness (QED) is 0.420. The molecule has 0 spiro atoms. The second-order valence-electron chi connectivity index (χ2n) is 9.26. The second kappa shape index (κ2) is 9.82. The number of carbonyl (C=O) groups excluding carboxylic acids is 1. The largest absolute Gasteiger partial charge is 0.457 e. The van der Waals surface area contributed by atoms with Crippen LogP contribution in [0, 0.1) is 11.8 Å². The highest BCUT2D eigenvalue weighted by atomic mass is 16.5. The summed E-state index contributed by atoms with van der Waals surface area (Å²) in [5, 5.41) is 0. The van der Waals surface area contributed by atoms with E-state index in [-0.39, 0.29) is 29.4 Å². The number of ether oxygens (including phenoxy) is 1. The molecule has 4 aromatic rings. The normalized spacial score (nSPS) is 15.1. The summed E-state index contributed by atoms with van der Waals surface area (Å²) in [5.41, 5.74) is 7.67. The van der Waals surface area contributed by atoms with E-state index in [4.69, 9.17) is 15.5 Å². The van der Waals surface area contributed by atoms with Crippen molar-refractivity contribution in [3.63, 3.8) is 0 Å². The molecule has 0 saturated carbocycles. The van der Waals surface area contributed by atoms with Crippen molar-refractivity contribution in [3.05, 3.63) is 70.9 Å². The van der Waals surface area contributed by atoms with Gasteiger partial charge in [-0.2, -0.15) is 0 Å². The Labute approximate surface area is 214 Å². The van der Waals surface area contributed by atoms with E-state index in [1.807, 2.05) is 44.2 Å². The Morgan fingerprint density at radius 1 is 1.08 bits per heavy atom. The molecule has 9 nitrogen and oxygen atoms in total. The summed E-state index contributed by atoms with van der Waals surface area (Å²) in [6.07, 6.45) is 0.612. The third-order valence-corrected chi connectivity index (χ3v) is 6.40. The zero-order valence-corrected chi connectivity index (χ0v) is 21.0. The van der Waals surface area contributed by atoms with Gasteiger partial charge in [0.2, 0.25) is 0 Å². The number of fused-ring (bicyclic) bond motifs is 1. The van der Waals surface area contributed by atoms with Crippen molar-refractivity contribution in [2.24, 2.45) is 0 Å². The Morgan fingerprint density at radius 2 is 1.78 bits per heavy atom. The molecule has 37 heavy (non-hydrogen) atoms. The molecule has 2 N–H and O–H groups in total. The van der Waals surface area contributed by atoms with Gasteiger partial charge in [0, 0.05) is 19.0 Å². The van der Waals surface area contributed by atoms with E-state index < -0.39 is 0 Å². The molecular formula is C28H28N6O3. The fourth-order valence-electron chi connectivity index (χ4n) is 4.59. The summed E-state index contributed by atoms with van der Waals surface area (Å²) in [6.45, 7) is 6.47. The number of rotatable bonds is 5. The molecule has 1 amide bonds. The minimum atomic E-state index is -0.283. The summed E-state index contributed by atoms with van der Waals surface area (Å²) in [4.78, 5) is 37.2. The predicted molar refractivity (Wildman–Crippen MR) is 142 cm³/mol. The SMILES string of the molecule is CC#CC(=O)N1CC[C@@H](n2c(=O)n(-c3ccc(Oc4ccccc4)cc3)c3c(N)nc(C(C)C)nc32)C1. The maximum atomic E-state index is 13.9. The summed E-state index contributed by atoms with van der Waals surface area (Å²) < 4.78 is 9.09. The standard InChI is InChI=1S/C28H28N6O3/c1-4-8-23(35)32-16-15-20(17-32)34-27-24(25(29)30-26(31-27)18(2)3)33(28(34)36)19-11-13-22(14-12-19)37-21-9-6-5-7-10-21/h5-7,9-14,18,20H,15-17H2,1-3H3,(H2,29,30,31)/t20-/m1/s1. The van der Waals surface area contributed by atoms with Crippen LogP contribution in [0.5, 0.6) is 11.5 Å². The number of carbonyl (C=O) groups is 1. The van der Waals surface area contributed by atoms with E-state index in [2.05, 4.69) is 16.8 Å². The first-order chi connectivity index (χ1) is 17.9. The number of nitrogen functional groups attached to an aromatic ring is 1. The maximum Gasteiger partial charge on any atom is 0.335 e. The average molecular weight is 497 g/mol. The number of benzene rings is 2. The number of likely N-dealkylation sites (tertiary alicyclic amines) is 1. The first kappa shape index (κ1) is 24.1. The van der Waals surface area contributed by atoms with Crippen LogP contribution >= 0.6 is 0 Å². The smallest absolute Gasteiger partial charge is 0.335 e. The van der Waals surface area contributed by atoms with E-state index in [1.165, 1.54) is 4.57 Å². The zero-order valence-electron chi connectivity index (χ0n) is 21.0. The molecule has 1 fully saturated rings. The Balaban J connectivity index is 1.60. The van der Waals surface area contributed by atoms with Gasteiger partial charge in [-0.25, -0.2) is 14.8 Å². The lowest BCUT2D eigenvalue weighted by Crippen LogP contribution is -2.31. The topological polar surface area (TPSA) is 108 Å². The first-order valence-electron chi connectivity index (χ1n) is 12.2. The number of hydrogen-bond donors (Lipinski definition) is 1. The van der Waals surface area contributed by atoms with Crippen molar-refractivity contribution in [1.29, 1.82) is 0 Å². The minimum Gasteiger partial charge on any atom is -0.457 e. The molecule has 0 unspecified atom stereocenters. The molecule has 1 saturated heterocycles. The fourth-order valence-corrected chi connectivity index (χ4v) is 4.59. The number of nitrogens with two attached hydrogens (primary N) is 1. The third kappa shape index (κ3) is 4.54. The highest BCUT2D eigenvalue weighted by molar-refractivity contribution is 5.93. The molecule has 1 aliphatic heterocycles. The lowest BCUT2D eigenvalue weighted by molar-refractivity contribution is -0.124. The predicted octanol–water partition coefficient (Wildman–Crippen LogP) is 3.88. The van der Waals surface area contributed by atoms with Gasteiger partial charge in [-0.05, 0) is 55.7 Å². The van der Waals surface area contributed by atoms with Gasteiger partial charge in [-0.15, -0.1) is 0 Å². The third-order valence-electron chi connectivity index (χ3n) is 6.40. The van der Waals surface area contributed by atoms with Crippen LogP contribution in [0.3, 0.4) is 0 Å². The Bertz CT molecular complexity index is 1580. The van der Waals surface area contributed by atoms with Gasteiger partial charge in [0.15, 0.2) is 11.5 Å². The van der Waals surface area contributed by atoms with Gasteiger partial charge < -0.3 is 15.4 Å². The first-order valence-corrected chi connectivity index (χ1v) is 12.2. The van der Waals surface area contributed by atoms with Crippen LogP contribution in [0.1, 0.15) is 45.0 Å². The molecule has 5 rings (SSSR count). The van der Waals surface area contributed by atoms with E-state index in [0.29, 0.717) is 47.9 Å². The number of para-hydroxylation sites is 1. The number of anilines is 1. The summed E-state index contributed by atoms with van der Waals surface area (Å²) in [5.74, 6) is 7.17. The fraction of sp³-hybridized carbons (Fsp3) is 0.286. The maximum absolute atomic E-state index is 13.9. The van der Waals surface area contributed by atoms with Gasteiger partial charge in [-0.1, -0.05) is 38.0 Å². The molecular weight excluding hydrogens is 468 g/mol. The lowest BCUT2D eigenvalue weighted by Gasteiger charge is -2.14. The van der Waals surface area contributed by atoms with Gasteiger partial charge in [0.1, 0.15) is 22.8 Å². The van der Waals surface area contributed by atoms with Gasteiger partial charge in [0.25, 0.3) is 5.91 Å². The van der Waals surface area contributed by atoms with Crippen molar-refractivity contribution in [3.8, 4) is 29.0 Å². The number of hydrogen-bond acceptors (Lipinski definition) is 6. The summed E-state index contributed by atoms with van der Waals surface area (Å²) >= 11 is 0.